The Morgan fingerprint density at radius 2 is 2.18 bits per heavy atom. The minimum absolute atomic E-state index is 0.0763. The van der Waals surface area contributed by atoms with Crippen molar-refractivity contribution >= 4 is 18.0 Å². The van der Waals surface area contributed by atoms with Crippen molar-refractivity contribution in [3.63, 3.8) is 0 Å². The Balaban J connectivity index is 1.96. The summed E-state index contributed by atoms with van der Waals surface area (Å²) in [6.07, 6.45) is 9.26. The molecule has 0 N–H and O–H groups in total. The van der Waals surface area contributed by atoms with E-state index >= 15 is 0 Å². The lowest BCUT2D eigenvalue weighted by molar-refractivity contribution is -0.144. The molecule has 1 fully saturated rings. The Hall–Kier alpha value is -2.04. The zero-order valence-electron chi connectivity index (χ0n) is 13.0. The number of furan rings is 1. The monoisotopic (exact) mass is 305 g/mol. The maximum absolute atomic E-state index is 12.4. The highest BCUT2D eigenvalue weighted by atomic mass is 16.5. The molecule has 0 radical (unpaired) electrons. The lowest BCUT2D eigenvalue weighted by Crippen LogP contribution is -2.39. The zero-order chi connectivity index (χ0) is 15.8. The van der Waals surface area contributed by atoms with Gasteiger partial charge in [0.15, 0.2) is 0 Å². The van der Waals surface area contributed by atoms with Crippen LogP contribution in [0.4, 0.5) is 0 Å². The van der Waals surface area contributed by atoms with E-state index in [2.05, 4.69) is 0 Å². The van der Waals surface area contributed by atoms with Crippen molar-refractivity contribution in [1.29, 1.82) is 0 Å². The van der Waals surface area contributed by atoms with Crippen LogP contribution in [-0.4, -0.2) is 36.0 Å². The summed E-state index contributed by atoms with van der Waals surface area (Å²) in [7, 11) is 0. The van der Waals surface area contributed by atoms with Crippen LogP contribution in [0.25, 0.3) is 6.08 Å². The van der Waals surface area contributed by atoms with Crippen molar-refractivity contribution in [2.24, 2.45) is 0 Å². The fourth-order valence-corrected chi connectivity index (χ4v) is 2.77. The van der Waals surface area contributed by atoms with E-state index < -0.39 is 0 Å². The molecular formula is C17H23NO4. The van der Waals surface area contributed by atoms with Gasteiger partial charge < -0.3 is 14.1 Å². The van der Waals surface area contributed by atoms with Crippen LogP contribution in [0.5, 0.6) is 0 Å². The Labute approximate surface area is 130 Å². The molecule has 1 amide bonds. The first-order chi connectivity index (χ1) is 10.7. The first-order valence-corrected chi connectivity index (χ1v) is 7.88. The Bertz CT molecular complexity index is 501. The van der Waals surface area contributed by atoms with Crippen molar-refractivity contribution in [3.05, 3.63) is 30.2 Å². The maximum Gasteiger partial charge on any atom is 0.307 e. The normalized spacial score (nSPS) is 15.3. The van der Waals surface area contributed by atoms with Crippen molar-refractivity contribution in [1.82, 2.24) is 4.90 Å². The molecule has 0 saturated heterocycles. The van der Waals surface area contributed by atoms with Gasteiger partial charge in [-0.1, -0.05) is 12.8 Å². The second kappa shape index (κ2) is 8.41. The molecule has 22 heavy (non-hydrogen) atoms. The summed E-state index contributed by atoms with van der Waals surface area (Å²) in [6.45, 7) is 2.56. The number of ether oxygens (including phenoxy) is 1. The molecule has 0 atom stereocenters. The maximum atomic E-state index is 12.4. The van der Waals surface area contributed by atoms with Crippen molar-refractivity contribution in [2.45, 2.75) is 45.1 Å². The summed E-state index contributed by atoms with van der Waals surface area (Å²) in [6, 6.07) is 3.80. The predicted octanol–water partition coefficient (Wildman–Crippen LogP) is 3.02. The molecule has 1 aliphatic carbocycles. The summed E-state index contributed by atoms with van der Waals surface area (Å²) >= 11 is 0. The van der Waals surface area contributed by atoms with Gasteiger partial charge in [-0.2, -0.15) is 0 Å². The topological polar surface area (TPSA) is 59.8 Å². The molecule has 1 aliphatic rings. The third-order valence-electron chi connectivity index (χ3n) is 3.84. The Kier molecular flexibility index (Phi) is 6.25. The molecule has 0 bridgehead atoms. The minimum atomic E-state index is -0.256. The SMILES string of the molecule is CCOC(=O)CCN(C(=O)/C=C/c1ccco1)C1CCCC1. The number of carbonyl (C=O) groups excluding carboxylic acids is 2. The molecule has 0 aromatic carbocycles. The summed E-state index contributed by atoms with van der Waals surface area (Å²) in [5.74, 6) is 0.311. The lowest BCUT2D eigenvalue weighted by Gasteiger charge is -2.27. The predicted molar refractivity (Wildman–Crippen MR) is 83.0 cm³/mol. The third kappa shape index (κ3) is 4.76. The average Bonchev–Trinajstić information content (AvgIpc) is 3.19. The molecule has 120 valence electrons. The van der Waals surface area contributed by atoms with E-state index in [9.17, 15) is 9.59 Å². The molecule has 5 nitrogen and oxygen atoms in total. The van der Waals surface area contributed by atoms with Gasteiger partial charge in [0.1, 0.15) is 5.76 Å². The largest absolute Gasteiger partial charge is 0.466 e. The molecule has 1 aromatic heterocycles. The van der Waals surface area contributed by atoms with Crippen molar-refractivity contribution in [3.8, 4) is 0 Å². The van der Waals surface area contributed by atoms with Gasteiger partial charge >= 0.3 is 5.97 Å². The van der Waals surface area contributed by atoms with Crippen LogP contribution in [0, 0.1) is 0 Å². The van der Waals surface area contributed by atoms with Crippen LogP contribution in [0.3, 0.4) is 0 Å². The van der Waals surface area contributed by atoms with Crippen molar-refractivity contribution < 1.29 is 18.7 Å². The summed E-state index contributed by atoms with van der Waals surface area (Å²) in [5, 5.41) is 0. The van der Waals surface area contributed by atoms with E-state index in [1.165, 1.54) is 6.08 Å². The van der Waals surface area contributed by atoms with Gasteiger partial charge in [0.05, 0.1) is 19.3 Å². The van der Waals surface area contributed by atoms with E-state index in [0.29, 0.717) is 18.9 Å². The molecule has 0 unspecified atom stereocenters. The molecule has 1 saturated carbocycles. The van der Waals surface area contributed by atoms with Gasteiger partial charge in [0.25, 0.3) is 0 Å². The quantitative estimate of drug-likeness (QED) is 0.574. The van der Waals surface area contributed by atoms with Crippen LogP contribution in [0.15, 0.2) is 28.9 Å². The van der Waals surface area contributed by atoms with Crippen LogP contribution in [0.2, 0.25) is 0 Å². The van der Waals surface area contributed by atoms with E-state index in [-0.39, 0.29) is 24.3 Å². The number of rotatable bonds is 7. The first-order valence-electron chi connectivity index (χ1n) is 7.88. The summed E-state index contributed by atoms with van der Waals surface area (Å²) in [4.78, 5) is 25.8. The zero-order valence-corrected chi connectivity index (χ0v) is 13.0. The number of hydrogen-bond acceptors (Lipinski definition) is 4. The fourth-order valence-electron chi connectivity index (χ4n) is 2.77. The Morgan fingerprint density at radius 1 is 1.41 bits per heavy atom. The summed E-state index contributed by atoms with van der Waals surface area (Å²) in [5.41, 5.74) is 0. The minimum Gasteiger partial charge on any atom is -0.466 e. The van der Waals surface area contributed by atoms with E-state index in [1.54, 1.807) is 36.3 Å². The van der Waals surface area contributed by atoms with Crippen LogP contribution < -0.4 is 0 Å². The number of carbonyl (C=O) groups is 2. The molecule has 1 aromatic rings. The highest BCUT2D eigenvalue weighted by Gasteiger charge is 2.25. The number of amides is 1. The van der Waals surface area contributed by atoms with E-state index in [1.807, 2.05) is 0 Å². The number of esters is 1. The standard InChI is InChI=1S/C17H23NO4/c1-2-21-17(20)11-12-18(14-6-3-4-7-14)16(19)10-9-15-8-5-13-22-15/h5,8-10,13-14H,2-4,6-7,11-12H2,1H3/b10-9+. The molecular weight excluding hydrogens is 282 g/mol. The van der Waals surface area contributed by atoms with Crippen LogP contribution >= 0.6 is 0 Å². The third-order valence-corrected chi connectivity index (χ3v) is 3.84. The lowest BCUT2D eigenvalue weighted by atomic mass is 10.2. The van der Waals surface area contributed by atoms with E-state index in [4.69, 9.17) is 9.15 Å². The fraction of sp³-hybridized carbons (Fsp3) is 0.529. The van der Waals surface area contributed by atoms with Crippen LogP contribution in [0.1, 0.15) is 44.8 Å². The molecule has 1 heterocycles. The van der Waals surface area contributed by atoms with Gasteiger partial charge in [-0.15, -0.1) is 0 Å². The highest BCUT2D eigenvalue weighted by molar-refractivity contribution is 5.92. The molecule has 0 aliphatic heterocycles. The number of hydrogen-bond donors (Lipinski definition) is 0. The van der Waals surface area contributed by atoms with Gasteiger partial charge in [-0.05, 0) is 38.0 Å². The van der Waals surface area contributed by atoms with Gasteiger partial charge in [-0.25, -0.2) is 0 Å². The molecule has 2 rings (SSSR count). The van der Waals surface area contributed by atoms with Gasteiger partial charge in [-0.3, -0.25) is 9.59 Å². The second-order valence-electron chi connectivity index (χ2n) is 5.37. The summed E-state index contributed by atoms with van der Waals surface area (Å²) < 4.78 is 10.1. The molecule has 0 spiro atoms. The van der Waals surface area contributed by atoms with Gasteiger partial charge in [0, 0.05) is 18.7 Å². The van der Waals surface area contributed by atoms with Crippen LogP contribution in [-0.2, 0) is 14.3 Å². The second-order valence-corrected chi connectivity index (χ2v) is 5.37. The Morgan fingerprint density at radius 3 is 2.82 bits per heavy atom. The highest BCUT2D eigenvalue weighted by Crippen LogP contribution is 2.24. The van der Waals surface area contributed by atoms with Crippen molar-refractivity contribution in [2.75, 3.05) is 13.2 Å². The van der Waals surface area contributed by atoms with Gasteiger partial charge in [0.2, 0.25) is 5.91 Å². The smallest absolute Gasteiger partial charge is 0.307 e. The number of nitrogens with zero attached hydrogens (tertiary/aromatic N) is 1. The first kappa shape index (κ1) is 16.3. The molecule has 5 heteroatoms. The van der Waals surface area contributed by atoms with E-state index in [0.717, 1.165) is 25.7 Å². The average molecular weight is 305 g/mol.